The van der Waals surface area contributed by atoms with Crippen LogP contribution >= 0.6 is 11.3 Å². The molecule has 0 saturated heterocycles. The molecule has 3 heterocycles. The molecule has 0 saturated carbocycles. The van der Waals surface area contributed by atoms with E-state index in [1.807, 2.05) is 32.0 Å². The fourth-order valence-electron chi connectivity index (χ4n) is 3.87. The van der Waals surface area contributed by atoms with E-state index in [1.54, 1.807) is 19.1 Å². The second-order valence-electron chi connectivity index (χ2n) is 7.56. The first kappa shape index (κ1) is 24.5. The van der Waals surface area contributed by atoms with E-state index in [4.69, 9.17) is 14.2 Å². The van der Waals surface area contributed by atoms with Gasteiger partial charge in [-0.15, -0.1) is 11.3 Å². The van der Waals surface area contributed by atoms with Gasteiger partial charge >= 0.3 is 5.97 Å². The number of hydrogen-bond donors (Lipinski definition) is 1. The van der Waals surface area contributed by atoms with Crippen molar-refractivity contribution < 1.29 is 23.4 Å². The zero-order valence-corrected chi connectivity index (χ0v) is 20.7. The molecule has 0 aliphatic carbocycles. The van der Waals surface area contributed by atoms with E-state index in [-0.39, 0.29) is 6.61 Å². The van der Waals surface area contributed by atoms with Gasteiger partial charge in [0.25, 0.3) is 0 Å². The number of halogens is 1. The van der Waals surface area contributed by atoms with Crippen molar-refractivity contribution in [3.8, 4) is 22.1 Å². The molecule has 0 spiro atoms. The summed E-state index contributed by atoms with van der Waals surface area (Å²) in [5.41, 5.74) is 2.58. The quantitative estimate of drug-likeness (QED) is 0.275. The highest BCUT2D eigenvalue weighted by Crippen LogP contribution is 2.36. The molecule has 4 aromatic rings. The van der Waals surface area contributed by atoms with Crippen LogP contribution in [0.25, 0.3) is 21.5 Å². The summed E-state index contributed by atoms with van der Waals surface area (Å²) >= 11 is 1.27. The second kappa shape index (κ2) is 11.2. The van der Waals surface area contributed by atoms with Crippen LogP contribution in [0.1, 0.15) is 29.2 Å². The predicted molar refractivity (Wildman–Crippen MR) is 134 cm³/mol. The molecule has 0 fully saturated rings. The number of para-hydroxylation sites is 1. The highest BCUT2D eigenvalue weighted by molar-refractivity contribution is 7.17. The van der Waals surface area contributed by atoms with Crippen LogP contribution in [0.4, 0.5) is 10.2 Å². The zero-order chi connectivity index (χ0) is 24.8. The third-order valence-electron chi connectivity index (χ3n) is 5.32. The molecule has 10 heteroatoms. The van der Waals surface area contributed by atoms with E-state index in [0.29, 0.717) is 47.6 Å². The molecular weight excluding hydrogens is 471 g/mol. The van der Waals surface area contributed by atoms with Gasteiger partial charge in [-0.2, -0.15) is 0 Å². The van der Waals surface area contributed by atoms with E-state index in [1.165, 1.54) is 17.7 Å². The topological polar surface area (TPSA) is 87.5 Å². The average Bonchev–Trinajstić information content (AvgIpc) is 3.41. The van der Waals surface area contributed by atoms with Crippen molar-refractivity contribution in [2.45, 2.75) is 27.3 Å². The van der Waals surface area contributed by atoms with Crippen molar-refractivity contribution in [3.05, 3.63) is 53.3 Å². The molecule has 0 aliphatic rings. The number of rotatable bonds is 11. The van der Waals surface area contributed by atoms with E-state index < -0.39 is 12.8 Å². The molecule has 0 aliphatic heterocycles. The minimum Gasteiger partial charge on any atom is -0.492 e. The molecule has 0 atom stereocenters. The molecule has 35 heavy (non-hydrogen) atoms. The van der Waals surface area contributed by atoms with Crippen LogP contribution in [0.15, 0.2) is 42.7 Å². The van der Waals surface area contributed by atoms with Gasteiger partial charge < -0.3 is 24.1 Å². The maximum atomic E-state index is 12.9. The van der Waals surface area contributed by atoms with Gasteiger partial charge in [0, 0.05) is 36.3 Å². The molecule has 0 radical (unpaired) electrons. The number of anilines is 1. The highest BCUT2D eigenvalue weighted by Gasteiger charge is 2.20. The molecule has 184 valence electrons. The predicted octanol–water partition coefficient (Wildman–Crippen LogP) is 5.46. The Morgan fingerprint density at radius 1 is 1.11 bits per heavy atom. The van der Waals surface area contributed by atoms with E-state index in [9.17, 15) is 9.18 Å². The van der Waals surface area contributed by atoms with Crippen molar-refractivity contribution in [1.82, 2.24) is 14.5 Å². The molecule has 0 unspecified atom stereocenters. The summed E-state index contributed by atoms with van der Waals surface area (Å²) in [6.07, 6.45) is 1.48. The van der Waals surface area contributed by atoms with Gasteiger partial charge in [-0.3, -0.25) is 0 Å². The van der Waals surface area contributed by atoms with Gasteiger partial charge in [0.1, 0.15) is 23.6 Å². The maximum absolute atomic E-state index is 12.9. The molecular formula is C25H27FN4O4S. The Hall–Kier alpha value is -3.66. The van der Waals surface area contributed by atoms with Crippen LogP contribution in [-0.2, 0) is 11.3 Å². The summed E-state index contributed by atoms with van der Waals surface area (Å²) < 4.78 is 30.9. The number of esters is 1. The monoisotopic (exact) mass is 498 g/mol. The molecule has 8 nitrogen and oxygen atoms in total. The Labute approximate surface area is 206 Å². The van der Waals surface area contributed by atoms with Gasteiger partial charge in [-0.25, -0.2) is 19.2 Å². The van der Waals surface area contributed by atoms with Crippen LogP contribution in [-0.4, -0.2) is 47.1 Å². The van der Waals surface area contributed by atoms with Gasteiger partial charge in [0.05, 0.1) is 29.3 Å². The number of aryl methyl sites for hydroxylation is 1. The van der Waals surface area contributed by atoms with Crippen molar-refractivity contribution in [1.29, 1.82) is 0 Å². The largest absolute Gasteiger partial charge is 0.492 e. The van der Waals surface area contributed by atoms with Crippen LogP contribution in [0.3, 0.4) is 0 Å². The van der Waals surface area contributed by atoms with Gasteiger partial charge in [0.2, 0.25) is 6.86 Å². The number of nitrogens with one attached hydrogen (secondary N) is 1. The van der Waals surface area contributed by atoms with Crippen molar-refractivity contribution in [2.75, 3.05) is 31.9 Å². The number of benzene rings is 1. The number of thiophene rings is 1. The number of carbonyl (C=O) groups is 1. The molecule has 0 bridgehead atoms. The van der Waals surface area contributed by atoms with Gasteiger partial charge in [-0.1, -0.05) is 12.1 Å². The van der Waals surface area contributed by atoms with E-state index in [0.717, 1.165) is 21.5 Å². The summed E-state index contributed by atoms with van der Waals surface area (Å²) in [7, 11) is 0. The van der Waals surface area contributed by atoms with Crippen LogP contribution in [0.2, 0.25) is 0 Å². The molecule has 4 rings (SSSR count). The third-order valence-corrected chi connectivity index (χ3v) is 6.44. The van der Waals surface area contributed by atoms with Gasteiger partial charge in [-0.05, 0) is 32.9 Å². The van der Waals surface area contributed by atoms with Crippen LogP contribution in [0.5, 0.6) is 11.5 Å². The standard InChI is InChI=1S/C25H27FN4O4S/c1-4-32-20-13-21(35-24(20)25(31)33-5-2)18-12-22(29-15-28-18)27-9-10-30-16(3)11-17-7-6-8-19(23(17)30)34-14-26/h6-8,11-13,15H,4-5,9-10,14H2,1-3H3,(H,27,28,29). The van der Waals surface area contributed by atoms with Crippen LogP contribution < -0.4 is 14.8 Å². The van der Waals surface area contributed by atoms with Gasteiger partial charge in [0.15, 0.2) is 4.88 Å². The average molecular weight is 499 g/mol. The number of nitrogens with zero attached hydrogens (tertiary/aromatic N) is 3. The summed E-state index contributed by atoms with van der Waals surface area (Å²) in [6.45, 7) is 6.69. The first-order chi connectivity index (χ1) is 17.0. The lowest BCUT2D eigenvalue weighted by atomic mass is 10.2. The summed E-state index contributed by atoms with van der Waals surface area (Å²) in [5, 5.41) is 4.32. The van der Waals surface area contributed by atoms with Crippen molar-refractivity contribution >= 4 is 34.0 Å². The fraction of sp³-hybridized carbons (Fsp3) is 0.320. The number of carbonyl (C=O) groups excluding carboxylic acids is 1. The highest BCUT2D eigenvalue weighted by atomic mass is 32.1. The normalized spacial score (nSPS) is 11.0. The number of alkyl halides is 1. The lowest BCUT2D eigenvalue weighted by Crippen LogP contribution is -2.12. The summed E-state index contributed by atoms with van der Waals surface area (Å²) in [6, 6.07) is 11.3. The van der Waals surface area contributed by atoms with Crippen molar-refractivity contribution in [2.24, 2.45) is 0 Å². The molecule has 3 aromatic heterocycles. The number of fused-ring (bicyclic) bond motifs is 1. The Balaban J connectivity index is 1.51. The molecule has 0 amide bonds. The maximum Gasteiger partial charge on any atom is 0.352 e. The SMILES string of the molecule is CCOC(=O)c1sc(-c2cc(NCCn3c(C)cc4cccc(OCF)c43)ncn2)cc1OCC. The first-order valence-electron chi connectivity index (χ1n) is 11.3. The fourth-order valence-corrected chi connectivity index (χ4v) is 4.84. The smallest absolute Gasteiger partial charge is 0.352 e. The van der Waals surface area contributed by atoms with Crippen molar-refractivity contribution in [3.63, 3.8) is 0 Å². The van der Waals surface area contributed by atoms with Crippen LogP contribution in [0, 0.1) is 6.92 Å². The first-order valence-corrected chi connectivity index (χ1v) is 12.1. The summed E-state index contributed by atoms with van der Waals surface area (Å²) in [5.74, 6) is 1.24. The van der Waals surface area contributed by atoms with E-state index >= 15 is 0 Å². The number of ether oxygens (including phenoxy) is 3. The number of aromatic nitrogens is 3. The Kier molecular flexibility index (Phi) is 7.81. The Bertz CT molecular complexity index is 1320. The zero-order valence-electron chi connectivity index (χ0n) is 19.8. The molecule has 1 N–H and O–H groups in total. The lowest BCUT2D eigenvalue weighted by Gasteiger charge is -2.12. The summed E-state index contributed by atoms with van der Waals surface area (Å²) in [4.78, 5) is 22.2. The molecule has 1 aromatic carbocycles. The Morgan fingerprint density at radius 3 is 2.74 bits per heavy atom. The second-order valence-corrected chi connectivity index (χ2v) is 8.61. The van der Waals surface area contributed by atoms with E-state index in [2.05, 4.69) is 25.9 Å². The minimum absolute atomic E-state index is 0.288. The number of hydrogen-bond acceptors (Lipinski definition) is 8. The lowest BCUT2D eigenvalue weighted by molar-refractivity contribution is 0.0528. The third kappa shape index (κ3) is 5.37. The minimum atomic E-state index is -0.878. The Morgan fingerprint density at radius 2 is 1.97 bits per heavy atom.